The van der Waals surface area contributed by atoms with E-state index in [0.717, 1.165) is 22.1 Å². The first-order valence-electron chi connectivity index (χ1n) is 6.19. The molecular weight excluding hydrogens is 286 g/mol. The molecule has 1 aromatic heterocycles. The topological polar surface area (TPSA) is 85.1 Å². The maximum Gasteiger partial charge on any atom is 0.268 e. The third-order valence-corrected chi connectivity index (χ3v) is 3.77. The molecule has 0 saturated heterocycles. The van der Waals surface area contributed by atoms with Gasteiger partial charge in [-0.25, -0.2) is 4.98 Å². The number of thiazole rings is 1. The Morgan fingerprint density at radius 2 is 1.86 bits per heavy atom. The highest BCUT2D eigenvalue weighted by Crippen LogP contribution is 2.21. The van der Waals surface area contributed by atoms with Gasteiger partial charge in [-0.05, 0) is 16.8 Å². The molecule has 0 fully saturated rings. The van der Waals surface area contributed by atoms with Gasteiger partial charge < -0.3 is 5.73 Å². The van der Waals surface area contributed by atoms with E-state index < -0.39 is 5.91 Å². The monoisotopic (exact) mass is 297 g/mol. The van der Waals surface area contributed by atoms with Gasteiger partial charge in [0.05, 0.1) is 0 Å². The Bertz CT molecular complexity index is 836. The molecule has 104 valence electrons. The number of primary amides is 1. The SMILES string of the molecule is NC(=O)c1csc(NC(=O)c2cccc3ccccc23)n1. The van der Waals surface area contributed by atoms with Crippen molar-refractivity contribution in [3.63, 3.8) is 0 Å². The minimum absolute atomic E-state index is 0.146. The van der Waals surface area contributed by atoms with Crippen LogP contribution in [0, 0.1) is 0 Å². The van der Waals surface area contributed by atoms with E-state index >= 15 is 0 Å². The zero-order chi connectivity index (χ0) is 14.8. The van der Waals surface area contributed by atoms with Crippen molar-refractivity contribution in [3.05, 3.63) is 59.1 Å². The van der Waals surface area contributed by atoms with Crippen molar-refractivity contribution in [2.24, 2.45) is 5.73 Å². The molecule has 0 spiro atoms. The van der Waals surface area contributed by atoms with Gasteiger partial charge in [0.2, 0.25) is 0 Å². The normalized spacial score (nSPS) is 10.5. The molecule has 3 N–H and O–H groups in total. The highest BCUT2D eigenvalue weighted by molar-refractivity contribution is 7.14. The predicted octanol–water partition coefficient (Wildman–Crippen LogP) is 2.65. The van der Waals surface area contributed by atoms with Crippen LogP contribution in [0.3, 0.4) is 0 Å². The Hall–Kier alpha value is -2.73. The maximum atomic E-state index is 12.3. The van der Waals surface area contributed by atoms with Crippen LogP contribution in [0.25, 0.3) is 10.8 Å². The van der Waals surface area contributed by atoms with Gasteiger partial charge in [-0.15, -0.1) is 11.3 Å². The molecule has 1 heterocycles. The van der Waals surface area contributed by atoms with E-state index in [0.29, 0.717) is 10.7 Å². The number of nitrogens with two attached hydrogens (primary N) is 1. The van der Waals surface area contributed by atoms with Gasteiger partial charge in [0.15, 0.2) is 5.13 Å². The summed E-state index contributed by atoms with van der Waals surface area (Å²) in [6, 6.07) is 13.2. The lowest BCUT2D eigenvalue weighted by Crippen LogP contribution is -2.14. The highest BCUT2D eigenvalue weighted by Gasteiger charge is 2.13. The molecule has 0 unspecified atom stereocenters. The molecule has 21 heavy (non-hydrogen) atoms. The van der Waals surface area contributed by atoms with Crippen molar-refractivity contribution in [1.82, 2.24) is 4.98 Å². The van der Waals surface area contributed by atoms with Crippen LogP contribution in [0.2, 0.25) is 0 Å². The summed E-state index contributed by atoms with van der Waals surface area (Å²) in [7, 11) is 0. The van der Waals surface area contributed by atoms with Crippen LogP contribution in [-0.2, 0) is 0 Å². The molecule has 0 saturated carbocycles. The summed E-state index contributed by atoms with van der Waals surface area (Å²) in [6.07, 6.45) is 0. The van der Waals surface area contributed by atoms with E-state index in [2.05, 4.69) is 10.3 Å². The van der Waals surface area contributed by atoms with Crippen molar-refractivity contribution in [2.75, 3.05) is 5.32 Å². The second kappa shape index (κ2) is 5.34. The number of benzene rings is 2. The largest absolute Gasteiger partial charge is 0.364 e. The molecule has 2 aromatic carbocycles. The number of amides is 2. The molecule has 3 rings (SSSR count). The molecule has 0 aliphatic carbocycles. The van der Waals surface area contributed by atoms with E-state index in [-0.39, 0.29) is 11.6 Å². The van der Waals surface area contributed by atoms with E-state index in [9.17, 15) is 9.59 Å². The first-order valence-corrected chi connectivity index (χ1v) is 7.07. The molecule has 0 aliphatic heterocycles. The zero-order valence-electron chi connectivity index (χ0n) is 10.9. The fourth-order valence-electron chi connectivity index (χ4n) is 2.03. The van der Waals surface area contributed by atoms with E-state index in [1.54, 1.807) is 6.07 Å². The maximum absolute atomic E-state index is 12.3. The van der Waals surface area contributed by atoms with Crippen LogP contribution in [0.1, 0.15) is 20.8 Å². The molecule has 5 nitrogen and oxygen atoms in total. The first kappa shape index (κ1) is 13.3. The van der Waals surface area contributed by atoms with Gasteiger partial charge in [-0.3, -0.25) is 14.9 Å². The van der Waals surface area contributed by atoms with Crippen molar-refractivity contribution in [1.29, 1.82) is 0 Å². The minimum Gasteiger partial charge on any atom is -0.364 e. The smallest absolute Gasteiger partial charge is 0.268 e. The average molecular weight is 297 g/mol. The summed E-state index contributed by atoms with van der Waals surface area (Å²) in [5.41, 5.74) is 5.84. The van der Waals surface area contributed by atoms with E-state index in [1.807, 2.05) is 36.4 Å². The number of nitrogens with one attached hydrogen (secondary N) is 1. The van der Waals surface area contributed by atoms with Crippen LogP contribution < -0.4 is 11.1 Å². The highest BCUT2D eigenvalue weighted by atomic mass is 32.1. The van der Waals surface area contributed by atoms with Crippen molar-refractivity contribution in [3.8, 4) is 0 Å². The Morgan fingerprint density at radius 3 is 2.62 bits per heavy atom. The molecule has 2 amide bonds. The number of hydrogen-bond donors (Lipinski definition) is 2. The van der Waals surface area contributed by atoms with E-state index in [1.165, 1.54) is 5.38 Å². The van der Waals surface area contributed by atoms with Gasteiger partial charge in [-0.1, -0.05) is 36.4 Å². The summed E-state index contributed by atoms with van der Waals surface area (Å²) >= 11 is 1.16. The van der Waals surface area contributed by atoms with Gasteiger partial charge in [-0.2, -0.15) is 0 Å². The lowest BCUT2D eigenvalue weighted by atomic mass is 10.0. The Kier molecular flexibility index (Phi) is 3.37. The first-order chi connectivity index (χ1) is 10.1. The summed E-state index contributed by atoms with van der Waals surface area (Å²) in [5, 5.41) is 6.40. The lowest BCUT2D eigenvalue weighted by Gasteiger charge is -2.05. The summed E-state index contributed by atoms with van der Waals surface area (Å²) < 4.78 is 0. The molecular formula is C15H11N3O2S. The second-order valence-corrected chi connectivity index (χ2v) is 5.24. The zero-order valence-corrected chi connectivity index (χ0v) is 11.7. The van der Waals surface area contributed by atoms with Crippen molar-refractivity contribution < 1.29 is 9.59 Å². The molecule has 6 heteroatoms. The van der Waals surface area contributed by atoms with Gasteiger partial charge >= 0.3 is 0 Å². The quantitative estimate of drug-likeness (QED) is 0.779. The number of anilines is 1. The van der Waals surface area contributed by atoms with Crippen LogP contribution in [-0.4, -0.2) is 16.8 Å². The Morgan fingerprint density at radius 1 is 1.10 bits per heavy atom. The molecule has 0 atom stereocenters. The fourth-order valence-corrected chi connectivity index (χ4v) is 2.73. The number of nitrogens with zero attached hydrogens (tertiary/aromatic N) is 1. The third kappa shape index (κ3) is 2.61. The molecule has 0 radical (unpaired) electrons. The van der Waals surface area contributed by atoms with Crippen LogP contribution >= 0.6 is 11.3 Å². The predicted molar refractivity (Wildman–Crippen MR) is 82.5 cm³/mol. The average Bonchev–Trinajstić information content (AvgIpc) is 2.95. The number of aromatic nitrogens is 1. The number of rotatable bonds is 3. The number of carbonyl (C=O) groups is 2. The van der Waals surface area contributed by atoms with Crippen LogP contribution in [0.5, 0.6) is 0 Å². The number of carbonyl (C=O) groups excluding carboxylic acids is 2. The standard InChI is InChI=1S/C15H11N3O2S/c16-13(19)12-8-21-15(17-12)18-14(20)11-7-3-5-9-4-1-2-6-10(9)11/h1-8H,(H2,16,19)(H,17,18,20). The Balaban J connectivity index is 1.91. The number of hydrogen-bond acceptors (Lipinski definition) is 4. The summed E-state index contributed by atoms with van der Waals surface area (Å²) in [4.78, 5) is 27.3. The third-order valence-electron chi connectivity index (χ3n) is 3.01. The minimum atomic E-state index is -0.614. The summed E-state index contributed by atoms with van der Waals surface area (Å²) in [6.45, 7) is 0. The fraction of sp³-hybridized carbons (Fsp3) is 0. The van der Waals surface area contributed by atoms with Gasteiger partial charge in [0, 0.05) is 10.9 Å². The van der Waals surface area contributed by atoms with Crippen LogP contribution in [0.4, 0.5) is 5.13 Å². The van der Waals surface area contributed by atoms with E-state index in [4.69, 9.17) is 5.73 Å². The van der Waals surface area contributed by atoms with Gasteiger partial charge in [0.1, 0.15) is 5.69 Å². The molecule has 0 bridgehead atoms. The number of fused-ring (bicyclic) bond motifs is 1. The summed E-state index contributed by atoms with van der Waals surface area (Å²) in [5.74, 6) is -0.880. The Labute approximate surface area is 124 Å². The molecule has 3 aromatic rings. The van der Waals surface area contributed by atoms with Crippen molar-refractivity contribution >= 4 is 39.1 Å². The van der Waals surface area contributed by atoms with Crippen LogP contribution in [0.15, 0.2) is 47.8 Å². The van der Waals surface area contributed by atoms with Crippen molar-refractivity contribution in [2.45, 2.75) is 0 Å². The molecule has 0 aliphatic rings. The lowest BCUT2D eigenvalue weighted by molar-refractivity contribution is 0.0992. The second-order valence-electron chi connectivity index (χ2n) is 4.38. The van der Waals surface area contributed by atoms with Gasteiger partial charge in [0.25, 0.3) is 11.8 Å².